The van der Waals surface area contributed by atoms with E-state index in [2.05, 4.69) is 10.2 Å². The van der Waals surface area contributed by atoms with Crippen LogP contribution in [0.3, 0.4) is 0 Å². The summed E-state index contributed by atoms with van der Waals surface area (Å²) >= 11 is 0. The van der Waals surface area contributed by atoms with Gasteiger partial charge in [0.15, 0.2) is 0 Å². The highest BCUT2D eigenvalue weighted by atomic mass is 16.5. The first-order valence-corrected chi connectivity index (χ1v) is 7.05. The van der Waals surface area contributed by atoms with Crippen molar-refractivity contribution in [3.05, 3.63) is 0 Å². The van der Waals surface area contributed by atoms with Gasteiger partial charge in [-0.05, 0) is 26.2 Å². The molecule has 1 fully saturated rings. The average molecular weight is 257 g/mol. The normalized spacial score (nSPS) is 17.9. The van der Waals surface area contributed by atoms with E-state index in [1.807, 2.05) is 6.92 Å². The molecule has 1 amide bonds. The van der Waals surface area contributed by atoms with E-state index in [4.69, 9.17) is 10.5 Å². The molecular weight excluding hydrogens is 230 g/mol. The standard InChI is InChI=1S/C13H27N3O2/c1-2-18-11-3-4-13(17)15-12-5-8-16(9-6-12)10-7-14/h12H,2-11,14H2,1H3,(H,15,17). The van der Waals surface area contributed by atoms with Gasteiger partial charge in [0.1, 0.15) is 0 Å². The molecule has 5 nitrogen and oxygen atoms in total. The van der Waals surface area contributed by atoms with Crippen LogP contribution in [0.4, 0.5) is 0 Å². The zero-order chi connectivity index (χ0) is 13.2. The number of nitrogens with two attached hydrogens (primary N) is 1. The molecule has 0 unspecified atom stereocenters. The van der Waals surface area contributed by atoms with Gasteiger partial charge in [-0.15, -0.1) is 0 Å². The Morgan fingerprint density at radius 2 is 2.17 bits per heavy atom. The van der Waals surface area contributed by atoms with Crippen molar-refractivity contribution in [3.8, 4) is 0 Å². The number of hydrogen-bond acceptors (Lipinski definition) is 4. The van der Waals surface area contributed by atoms with E-state index in [0.717, 1.165) is 45.5 Å². The van der Waals surface area contributed by atoms with Gasteiger partial charge >= 0.3 is 0 Å². The van der Waals surface area contributed by atoms with Crippen LogP contribution >= 0.6 is 0 Å². The maximum absolute atomic E-state index is 11.7. The predicted octanol–water partition coefficient (Wildman–Crippen LogP) is 0.342. The van der Waals surface area contributed by atoms with E-state index in [9.17, 15) is 4.79 Å². The molecule has 0 radical (unpaired) electrons. The largest absolute Gasteiger partial charge is 0.382 e. The first-order chi connectivity index (χ1) is 8.76. The molecule has 0 aromatic rings. The Morgan fingerprint density at radius 1 is 1.44 bits per heavy atom. The highest BCUT2D eigenvalue weighted by Crippen LogP contribution is 2.09. The second kappa shape index (κ2) is 9.30. The number of likely N-dealkylation sites (tertiary alicyclic amines) is 1. The lowest BCUT2D eigenvalue weighted by molar-refractivity contribution is -0.122. The van der Waals surface area contributed by atoms with Crippen LogP contribution in [0, 0.1) is 0 Å². The van der Waals surface area contributed by atoms with Gasteiger partial charge < -0.3 is 20.7 Å². The molecule has 3 N–H and O–H groups in total. The summed E-state index contributed by atoms with van der Waals surface area (Å²) in [4.78, 5) is 14.0. The lowest BCUT2D eigenvalue weighted by Gasteiger charge is -2.32. The molecule has 1 heterocycles. The molecule has 0 aromatic carbocycles. The molecule has 0 spiro atoms. The number of rotatable bonds is 8. The second-order valence-electron chi connectivity index (χ2n) is 4.77. The summed E-state index contributed by atoms with van der Waals surface area (Å²) in [5.74, 6) is 0.159. The summed E-state index contributed by atoms with van der Waals surface area (Å²) < 4.78 is 5.22. The maximum atomic E-state index is 11.7. The fourth-order valence-electron chi connectivity index (χ4n) is 2.26. The predicted molar refractivity (Wildman–Crippen MR) is 72.4 cm³/mol. The molecule has 106 valence electrons. The fourth-order valence-corrected chi connectivity index (χ4v) is 2.26. The van der Waals surface area contributed by atoms with Crippen LogP contribution in [0.2, 0.25) is 0 Å². The van der Waals surface area contributed by atoms with Crippen LogP contribution in [0.5, 0.6) is 0 Å². The van der Waals surface area contributed by atoms with Crippen molar-refractivity contribution in [1.82, 2.24) is 10.2 Å². The molecule has 0 bridgehead atoms. The Kier molecular flexibility index (Phi) is 7.96. The molecule has 1 saturated heterocycles. The Hall–Kier alpha value is -0.650. The zero-order valence-electron chi connectivity index (χ0n) is 11.5. The Bertz CT molecular complexity index is 228. The van der Waals surface area contributed by atoms with Crippen LogP contribution in [0.1, 0.15) is 32.6 Å². The topological polar surface area (TPSA) is 67.6 Å². The summed E-state index contributed by atoms with van der Waals surface area (Å²) in [6, 6.07) is 0.346. The van der Waals surface area contributed by atoms with E-state index in [1.54, 1.807) is 0 Å². The van der Waals surface area contributed by atoms with Crippen molar-refractivity contribution < 1.29 is 9.53 Å². The molecule has 0 aromatic heterocycles. The van der Waals surface area contributed by atoms with Gasteiger partial charge in [0.25, 0.3) is 0 Å². The van der Waals surface area contributed by atoms with Gasteiger partial charge in [-0.25, -0.2) is 0 Å². The minimum atomic E-state index is 0.159. The number of nitrogens with zero attached hydrogens (tertiary/aromatic N) is 1. The number of carbonyl (C=O) groups excluding carboxylic acids is 1. The van der Waals surface area contributed by atoms with E-state index in [1.165, 1.54) is 0 Å². The summed E-state index contributed by atoms with van der Waals surface area (Å²) in [6.45, 7) is 7.14. The number of nitrogens with one attached hydrogen (secondary N) is 1. The Labute approximate surface area is 110 Å². The summed E-state index contributed by atoms with van der Waals surface area (Å²) in [5, 5.41) is 3.11. The fraction of sp³-hybridized carbons (Fsp3) is 0.923. The number of amides is 1. The highest BCUT2D eigenvalue weighted by Gasteiger charge is 2.19. The first kappa shape index (κ1) is 15.4. The Balaban J connectivity index is 2.07. The average Bonchev–Trinajstić information content (AvgIpc) is 2.37. The van der Waals surface area contributed by atoms with Crippen LogP contribution in [-0.4, -0.2) is 56.2 Å². The van der Waals surface area contributed by atoms with Crippen molar-refractivity contribution in [2.24, 2.45) is 5.73 Å². The molecule has 18 heavy (non-hydrogen) atoms. The van der Waals surface area contributed by atoms with Crippen molar-refractivity contribution in [2.75, 3.05) is 39.4 Å². The Morgan fingerprint density at radius 3 is 2.78 bits per heavy atom. The maximum Gasteiger partial charge on any atom is 0.220 e. The third-order valence-electron chi connectivity index (χ3n) is 3.29. The number of piperidine rings is 1. The number of hydrogen-bond donors (Lipinski definition) is 2. The van der Waals surface area contributed by atoms with E-state index < -0.39 is 0 Å². The zero-order valence-corrected chi connectivity index (χ0v) is 11.5. The monoisotopic (exact) mass is 257 g/mol. The van der Waals surface area contributed by atoms with Crippen molar-refractivity contribution in [3.63, 3.8) is 0 Å². The van der Waals surface area contributed by atoms with Gasteiger partial charge in [0.05, 0.1) is 0 Å². The van der Waals surface area contributed by atoms with Gasteiger partial charge in [0.2, 0.25) is 5.91 Å². The summed E-state index contributed by atoms with van der Waals surface area (Å²) in [7, 11) is 0. The van der Waals surface area contributed by atoms with Gasteiger partial charge in [-0.1, -0.05) is 0 Å². The van der Waals surface area contributed by atoms with Gasteiger partial charge in [-0.2, -0.15) is 0 Å². The van der Waals surface area contributed by atoms with Crippen molar-refractivity contribution in [2.45, 2.75) is 38.6 Å². The molecule has 5 heteroatoms. The molecule has 1 aliphatic heterocycles. The summed E-state index contributed by atoms with van der Waals surface area (Å²) in [5.41, 5.74) is 5.53. The molecule has 1 aliphatic rings. The van der Waals surface area contributed by atoms with Crippen LogP contribution in [-0.2, 0) is 9.53 Å². The molecule has 1 rings (SSSR count). The smallest absolute Gasteiger partial charge is 0.220 e. The van der Waals surface area contributed by atoms with E-state index in [-0.39, 0.29) is 5.91 Å². The third-order valence-corrected chi connectivity index (χ3v) is 3.29. The minimum absolute atomic E-state index is 0.159. The third kappa shape index (κ3) is 6.33. The molecule has 0 saturated carbocycles. The van der Waals surface area contributed by atoms with Crippen molar-refractivity contribution >= 4 is 5.91 Å². The SMILES string of the molecule is CCOCCCC(=O)NC1CCN(CCN)CC1. The lowest BCUT2D eigenvalue weighted by Crippen LogP contribution is -2.45. The highest BCUT2D eigenvalue weighted by molar-refractivity contribution is 5.76. The van der Waals surface area contributed by atoms with Crippen LogP contribution in [0.15, 0.2) is 0 Å². The van der Waals surface area contributed by atoms with Gasteiger partial charge in [0, 0.05) is 51.9 Å². The van der Waals surface area contributed by atoms with Crippen LogP contribution < -0.4 is 11.1 Å². The van der Waals surface area contributed by atoms with Gasteiger partial charge in [-0.3, -0.25) is 4.79 Å². The molecule has 0 atom stereocenters. The van der Waals surface area contributed by atoms with E-state index in [0.29, 0.717) is 25.6 Å². The van der Waals surface area contributed by atoms with Crippen LogP contribution in [0.25, 0.3) is 0 Å². The quantitative estimate of drug-likeness (QED) is 0.615. The minimum Gasteiger partial charge on any atom is -0.382 e. The summed E-state index contributed by atoms with van der Waals surface area (Å²) in [6.07, 6.45) is 3.46. The number of carbonyl (C=O) groups is 1. The van der Waals surface area contributed by atoms with E-state index >= 15 is 0 Å². The first-order valence-electron chi connectivity index (χ1n) is 7.05. The lowest BCUT2D eigenvalue weighted by atomic mass is 10.0. The number of ether oxygens (including phenoxy) is 1. The van der Waals surface area contributed by atoms with Crippen molar-refractivity contribution in [1.29, 1.82) is 0 Å². The molecular formula is C13H27N3O2. The second-order valence-corrected chi connectivity index (χ2v) is 4.77. The molecule has 0 aliphatic carbocycles.